The van der Waals surface area contributed by atoms with E-state index >= 15 is 0 Å². The first-order chi connectivity index (χ1) is 9.79. The highest BCUT2D eigenvalue weighted by Gasteiger charge is 2.04. The van der Waals surface area contributed by atoms with Crippen molar-refractivity contribution in [2.75, 3.05) is 18.5 Å². The third-order valence-corrected chi connectivity index (χ3v) is 3.04. The number of nitrogens with one attached hydrogen (secondary N) is 1. The maximum atomic E-state index is 13.2. The molecule has 20 heavy (non-hydrogen) atoms. The first kappa shape index (κ1) is 14.4. The van der Waals surface area contributed by atoms with Crippen molar-refractivity contribution in [2.45, 2.75) is 19.8 Å². The average molecular weight is 273 g/mol. The van der Waals surface area contributed by atoms with E-state index in [-0.39, 0.29) is 5.82 Å². The van der Waals surface area contributed by atoms with E-state index in [4.69, 9.17) is 4.74 Å². The van der Waals surface area contributed by atoms with E-state index in [9.17, 15) is 4.39 Å². The van der Waals surface area contributed by atoms with E-state index in [0.717, 1.165) is 25.1 Å². The summed E-state index contributed by atoms with van der Waals surface area (Å²) in [6.07, 6.45) is 2.05. The molecule has 0 atom stereocenters. The molecule has 0 radical (unpaired) electrons. The molecule has 0 aliphatic carbocycles. The lowest BCUT2D eigenvalue weighted by Gasteiger charge is -2.12. The maximum absolute atomic E-state index is 13.2. The molecule has 2 aromatic rings. The van der Waals surface area contributed by atoms with E-state index in [2.05, 4.69) is 29.6 Å². The smallest absolute Gasteiger partial charge is 0.145 e. The van der Waals surface area contributed by atoms with Crippen LogP contribution in [0, 0.1) is 5.82 Å². The molecule has 0 unspecified atom stereocenters. The number of hydrogen-bond acceptors (Lipinski definition) is 2. The molecule has 0 fully saturated rings. The molecule has 2 nitrogen and oxygen atoms in total. The zero-order valence-electron chi connectivity index (χ0n) is 11.7. The molecule has 3 heteroatoms. The first-order valence-corrected chi connectivity index (χ1v) is 6.99. The molecular weight excluding hydrogens is 253 g/mol. The third kappa shape index (κ3) is 4.26. The molecule has 1 N–H and O–H groups in total. The number of aryl methyl sites for hydroxylation is 1. The summed E-state index contributed by atoms with van der Waals surface area (Å²) in [7, 11) is 0. The van der Waals surface area contributed by atoms with Crippen LogP contribution in [0.4, 0.5) is 10.1 Å². The topological polar surface area (TPSA) is 21.3 Å². The summed E-state index contributed by atoms with van der Waals surface area (Å²) in [6.45, 7) is 3.26. The van der Waals surface area contributed by atoms with Crippen LogP contribution >= 0.6 is 0 Å². The Bertz CT molecular complexity index is 528. The van der Waals surface area contributed by atoms with Crippen molar-refractivity contribution in [3.05, 3.63) is 59.9 Å². The minimum Gasteiger partial charge on any atom is -0.492 e. The van der Waals surface area contributed by atoms with Gasteiger partial charge in [-0.3, -0.25) is 0 Å². The predicted octanol–water partition coefficient (Wildman–Crippen LogP) is 4.27. The predicted molar refractivity (Wildman–Crippen MR) is 80.8 cm³/mol. The van der Waals surface area contributed by atoms with Crippen molar-refractivity contribution < 1.29 is 9.13 Å². The van der Waals surface area contributed by atoms with E-state index in [1.807, 2.05) is 13.0 Å². The number of halogens is 1. The second-order valence-corrected chi connectivity index (χ2v) is 4.59. The third-order valence-electron chi connectivity index (χ3n) is 3.04. The Morgan fingerprint density at radius 2 is 1.90 bits per heavy atom. The van der Waals surface area contributed by atoms with Crippen molar-refractivity contribution in [1.82, 2.24) is 0 Å². The second-order valence-electron chi connectivity index (χ2n) is 4.59. The van der Waals surface area contributed by atoms with Crippen LogP contribution in [0.1, 0.15) is 18.9 Å². The Labute approximate surface area is 119 Å². The molecule has 0 aliphatic rings. The summed E-state index contributed by atoms with van der Waals surface area (Å²) in [5, 5.41) is 3.30. The van der Waals surface area contributed by atoms with Gasteiger partial charge in [0, 0.05) is 12.6 Å². The first-order valence-electron chi connectivity index (χ1n) is 6.99. The number of benzene rings is 2. The van der Waals surface area contributed by atoms with Gasteiger partial charge in [0.15, 0.2) is 0 Å². The maximum Gasteiger partial charge on any atom is 0.145 e. The summed E-state index contributed by atoms with van der Waals surface area (Å²) in [5.74, 6) is 0.301. The van der Waals surface area contributed by atoms with Gasteiger partial charge >= 0.3 is 0 Å². The lowest BCUT2D eigenvalue weighted by molar-refractivity contribution is 0.340. The monoisotopic (exact) mass is 273 g/mol. The molecule has 0 saturated heterocycles. The van der Waals surface area contributed by atoms with Gasteiger partial charge in [-0.15, -0.1) is 0 Å². The van der Waals surface area contributed by atoms with E-state index in [1.54, 1.807) is 6.07 Å². The molecule has 2 aromatic carbocycles. The Kier molecular flexibility index (Phi) is 5.42. The fourth-order valence-electron chi connectivity index (χ4n) is 2.08. The summed E-state index contributed by atoms with van der Waals surface area (Å²) in [5.41, 5.74) is 2.18. The second kappa shape index (κ2) is 7.53. The zero-order valence-corrected chi connectivity index (χ0v) is 11.7. The average Bonchev–Trinajstić information content (AvgIpc) is 2.47. The number of rotatable bonds is 7. The Morgan fingerprint density at radius 1 is 1.10 bits per heavy atom. The van der Waals surface area contributed by atoms with Crippen molar-refractivity contribution in [3.63, 3.8) is 0 Å². The van der Waals surface area contributed by atoms with Crippen molar-refractivity contribution in [3.8, 4) is 5.75 Å². The summed E-state index contributed by atoms with van der Waals surface area (Å²) >= 11 is 0. The molecule has 0 heterocycles. The molecule has 0 spiro atoms. The highest BCUT2D eigenvalue weighted by Crippen LogP contribution is 2.25. The number of ether oxygens (including phenoxy) is 1. The van der Waals surface area contributed by atoms with Crippen LogP contribution in [0.5, 0.6) is 5.75 Å². The Hall–Kier alpha value is -2.03. The minimum absolute atomic E-state index is 0.275. The van der Waals surface area contributed by atoms with Gasteiger partial charge < -0.3 is 10.1 Å². The Morgan fingerprint density at radius 3 is 2.65 bits per heavy atom. The molecular formula is C17H20FNO. The minimum atomic E-state index is -0.275. The normalized spacial score (nSPS) is 10.3. The molecule has 0 aliphatic heterocycles. The van der Waals surface area contributed by atoms with Crippen LogP contribution in [-0.2, 0) is 6.42 Å². The van der Waals surface area contributed by atoms with Gasteiger partial charge in [-0.05, 0) is 37.5 Å². The van der Waals surface area contributed by atoms with Crippen molar-refractivity contribution in [2.24, 2.45) is 0 Å². The SMILES string of the molecule is CCOc1cc(F)ccc1NCCCc1ccccc1. The summed E-state index contributed by atoms with van der Waals surface area (Å²) < 4.78 is 18.6. The van der Waals surface area contributed by atoms with Gasteiger partial charge in [-0.1, -0.05) is 30.3 Å². The lowest BCUT2D eigenvalue weighted by Crippen LogP contribution is -2.05. The van der Waals surface area contributed by atoms with Gasteiger partial charge in [0.25, 0.3) is 0 Å². The molecule has 0 aromatic heterocycles. The van der Waals surface area contributed by atoms with Gasteiger partial charge in [-0.2, -0.15) is 0 Å². The summed E-state index contributed by atoms with van der Waals surface area (Å²) in [4.78, 5) is 0. The van der Waals surface area contributed by atoms with Crippen LogP contribution < -0.4 is 10.1 Å². The van der Waals surface area contributed by atoms with Gasteiger partial charge in [-0.25, -0.2) is 4.39 Å². The fraction of sp³-hybridized carbons (Fsp3) is 0.294. The zero-order chi connectivity index (χ0) is 14.2. The largest absolute Gasteiger partial charge is 0.492 e. The molecule has 106 valence electrons. The van der Waals surface area contributed by atoms with E-state index in [0.29, 0.717) is 12.4 Å². The molecule has 0 bridgehead atoms. The van der Waals surface area contributed by atoms with Crippen LogP contribution in [-0.4, -0.2) is 13.2 Å². The van der Waals surface area contributed by atoms with E-state index < -0.39 is 0 Å². The standard InChI is InChI=1S/C17H20FNO/c1-2-20-17-13-15(18)10-11-16(17)19-12-6-9-14-7-4-3-5-8-14/h3-5,7-8,10-11,13,19H,2,6,9,12H2,1H3. The number of hydrogen-bond donors (Lipinski definition) is 1. The number of anilines is 1. The van der Waals surface area contributed by atoms with Crippen LogP contribution in [0.2, 0.25) is 0 Å². The van der Waals surface area contributed by atoms with Crippen molar-refractivity contribution in [1.29, 1.82) is 0 Å². The Balaban J connectivity index is 1.84. The van der Waals surface area contributed by atoms with Crippen LogP contribution in [0.15, 0.2) is 48.5 Å². The van der Waals surface area contributed by atoms with Crippen LogP contribution in [0.3, 0.4) is 0 Å². The van der Waals surface area contributed by atoms with Crippen molar-refractivity contribution >= 4 is 5.69 Å². The molecule has 2 rings (SSSR count). The highest BCUT2D eigenvalue weighted by molar-refractivity contribution is 5.56. The fourth-order valence-corrected chi connectivity index (χ4v) is 2.08. The van der Waals surface area contributed by atoms with Gasteiger partial charge in [0.2, 0.25) is 0 Å². The van der Waals surface area contributed by atoms with Gasteiger partial charge in [0.05, 0.1) is 12.3 Å². The van der Waals surface area contributed by atoms with Crippen LogP contribution in [0.25, 0.3) is 0 Å². The molecule has 0 amide bonds. The van der Waals surface area contributed by atoms with Gasteiger partial charge in [0.1, 0.15) is 11.6 Å². The summed E-state index contributed by atoms with van der Waals surface area (Å²) in [6, 6.07) is 15.0. The quantitative estimate of drug-likeness (QED) is 0.761. The lowest BCUT2D eigenvalue weighted by atomic mass is 10.1. The highest BCUT2D eigenvalue weighted by atomic mass is 19.1. The molecule has 0 saturated carbocycles. The van der Waals surface area contributed by atoms with E-state index in [1.165, 1.54) is 17.7 Å².